The molecule has 2 N–H and O–H groups in total. The number of halogens is 1. The van der Waals surface area contributed by atoms with Gasteiger partial charge in [0.05, 0.1) is 18.3 Å². The molecule has 24 heavy (non-hydrogen) atoms. The van der Waals surface area contributed by atoms with Gasteiger partial charge in [0.25, 0.3) is 5.91 Å². The molecule has 3 rings (SSSR count). The zero-order valence-electron chi connectivity index (χ0n) is 14.0. The monoisotopic (exact) mass is 348 g/mol. The van der Waals surface area contributed by atoms with Gasteiger partial charge in [-0.3, -0.25) is 9.48 Å². The number of nitrogens with one attached hydrogen (secondary N) is 2. The number of carbonyl (C=O) groups excluding carboxylic acids is 1. The molecule has 1 aromatic heterocycles. The lowest BCUT2D eigenvalue weighted by atomic mass is 9.81. The molecule has 1 amide bonds. The van der Waals surface area contributed by atoms with E-state index in [1.54, 1.807) is 10.9 Å². The predicted octanol–water partition coefficient (Wildman–Crippen LogP) is 2.47. The normalized spacial score (nSPS) is 16.2. The average molecular weight is 349 g/mol. The van der Waals surface area contributed by atoms with E-state index < -0.39 is 0 Å². The highest BCUT2D eigenvalue weighted by atomic mass is 35.5. The first-order chi connectivity index (χ1) is 11.1. The van der Waals surface area contributed by atoms with Gasteiger partial charge >= 0.3 is 0 Å². The first-order valence-corrected chi connectivity index (χ1v) is 8.20. The molecular weight excluding hydrogens is 324 g/mol. The van der Waals surface area contributed by atoms with Crippen LogP contribution in [-0.2, 0) is 6.54 Å². The summed E-state index contributed by atoms with van der Waals surface area (Å²) >= 11 is 0. The Balaban J connectivity index is 0.00000208. The van der Waals surface area contributed by atoms with Crippen molar-refractivity contribution in [1.82, 2.24) is 20.4 Å². The number of hydrogen-bond acceptors (Lipinski definition) is 3. The van der Waals surface area contributed by atoms with E-state index in [1.165, 1.54) is 5.56 Å². The molecular formula is C18H25ClN4O. The van der Waals surface area contributed by atoms with Crippen LogP contribution in [0.25, 0.3) is 0 Å². The lowest BCUT2D eigenvalue weighted by molar-refractivity contribution is 0.0922. The van der Waals surface area contributed by atoms with Crippen LogP contribution in [-0.4, -0.2) is 35.3 Å². The summed E-state index contributed by atoms with van der Waals surface area (Å²) in [6.07, 6.45) is 5.65. The second-order valence-electron chi connectivity index (χ2n) is 6.66. The summed E-state index contributed by atoms with van der Waals surface area (Å²) in [5, 5.41) is 10.7. The van der Waals surface area contributed by atoms with Crippen molar-refractivity contribution in [2.24, 2.45) is 5.41 Å². The quantitative estimate of drug-likeness (QED) is 0.872. The van der Waals surface area contributed by atoms with Gasteiger partial charge < -0.3 is 10.6 Å². The Hall–Kier alpha value is -1.85. The topological polar surface area (TPSA) is 59.0 Å². The van der Waals surface area contributed by atoms with Crippen molar-refractivity contribution in [2.75, 3.05) is 19.6 Å². The summed E-state index contributed by atoms with van der Waals surface area (Å²) in [5.74, 6) is -0.0379. The zero-order chi connectivity index (χ0) is 16.1. The number of amides is 1. The molecule has 2 aromatic rings. The molecule has 1 aromatic carbocycles. The molecule has 0 aliphatic carbocycles. The molecule has 0 unspecified atom stereocenters. The fraction of sp³-hybridized carbons (Fsp3) is 0.444. The third-order valence-corrected chi connectivity index (χ3v) is 4.57. The Kier molecular flexibility index (Phi) is 6.40. The van der Waals surface area contributed by atoms with Crippen molar-refractivity contribution in [1.29, 1.82) is 0 Å². The van der Waals surface area contributed by atoms with Crippen molar-refractivity contribution in [3.63, 3.8) is 0 Å². The Morgan fingerprint density at radius 2 is 2.00 bits per heavy atom. The fourth-order valence-corrected chi connectivity index (χ4v) is 2.94. The molecule has 0 saturated carbocycles. The van der Waals surface area contributed by atoms with Gasteiger partial charge in [-0.2, -0.15) is 5.10 Å². The van der Waals surface area contributed by atoms with E-state index in [1.807, 2.05) is 24.4 Å². The standard InChI is InChI=1S/C18H24N4O.ClH/c1-18(7-9-19-10-8-18)14-20-17(23)16-11-21-22(13-16)12-15-5-3-2-4-6-15;/h2-6,11,13,19H,7-10,12,14H2,1H3,(H,20,23);1H. The molecule has 1 fully saturated rings. The molecule has 1 saturated heterocycles. The van der Waals surface area contributed by atoms with Crippen molar-refractivity contribution < 1.29 is 4.79 Å². The lowest BCUT2D eigenvalue weighted by Gasteiger charge is -2.34. The van der Waals surface area contributed by atoms with E-state index in [-0.39, 0.29) is 23.7 Å². The maximum Gasteiger partial charge on any atom is 0.254 e. The first kappa shape index (κ1) is 18.5. The van der Waals surface area contributed by atoms with Crippen LogP contribution >= 0.6 is 12.4 Å². The first-order valence-electron chi connectivity index (χ1n) is 8.20. The highest BCUT2D eigenvalue weighted by Crippen LogP contribution is 2.26. The van der Waals surface area contributed by atoms with E-state index in [0.29, 0.717) is 12.1 Å². The van der Waals surface area contributed by atoms with Gasteiger partial charge in [-0.25, -0.2) is 0 Å². The van der Waals surface area contributed by atoms with Crippen molar-refractivity contribution >= 4 is 18.3 Å². The summed E-state index contributed by atoms with van der Waals surface area (Å²) in [6.45, 7) is 5.70. The van der Waals surface area contributed by atoms with Crippen LogP contribution in [0.5, 0.6) is 0 Å². The minimum Gasteiger partial charge on any atom is -0.351 e. The molecule has 0 atom stereocenters. The van der Waals surface area contributed by atoms with Gasteiger partial charge in [0.15, 0.2) is 0 Å². The van der Waals surface area contributed by atoms with Crippen LogP contribution in [0.15, 0.2) is 42.7 Å². The van der Waals surface area contributed by atoms with Gasteiger partial charge in [0, 0.05) is 12.7 Å². The summed E-state index contributed by atoms with van der Waals surface area (Å²) in [4.78, 5) is 12.3. The number of benzene rings is 1. The van der Waals surface area contributed by atoms with Crippen LogP contribution in [0.2, 0.25) is 0 Å². The molecule has 1 aliphatic heterocycles. The molecule has 5 nitrogen and oxygen atoms in total. The van der Waals surface area contributed by atoms with Gasteiger partial charge in [-0.05, 0) is 36.9 Å². The molecule has 1 aliphatic rings. The number of nitrogens with zero attached hydrogens (tertiary/aromatic N) is 2. The van der Waals surface area contributed by atoms with E-state index in [9.17, 15) is 4.79 Å². The van der Waals surface area contributed by atoms with Crippen molar-refractivity contribution in [3.8, 4) is 0 Å². The number of rotatable bonds is 5. The van der Waals surface area contributed by atoms with Gasteiger partial charge in [0.2, 0.25) is 0 Å². The van der Waals surface area contributed by atoms with Crippen LogP contribution in [0.3, 0.4) is 0 Å². The molecule has 130 valence electrons. The summed E-state index contributed by atoms with van der Waals surface area (Å²) in [6, 6.07) is 10.1. The molecule has 0 spiro atoms. The number of piperidine rings is 1. The summed E-state index contributed by atoms with van der Waals surface area (Å²) in [5.41, 5.74) is 1.99. The van der Waals surface area contributed by atoms with Gasteiger partial charge in [0.1, 0.15) is 0 Å². The highest BCUT2D eigenvalue weighted by Gasteiger charge is 2.27. The van der Waals surface area contributed by atoms with Gasteiger partial charge in [-0.15, -0.1) is 12.4 Å². The maximum absolute atomic E-state index is 12.3. The van der Waals surface area contributed by atoms with Crippen LogP contribution in [0.1, 0.15) is 35.7 Å². The van der Waals surface area contributed by atoms with Crippen LogP contribution < -0.4 is 10.6 Å². The summed E-state index contributed by atoms with van der Waals surface area (Å²) < 4.78 is 1.80. The minimum atomic E-state index is -0.0379. The molecule has 0 radical (unpaired) electrons. The molecule has 0 bridgehead atoms. The third kappa shape index (κ3) is 4.82. The van der Waals surface area contributed by atoms with E-state index in [0.717, 1.165) is 32.5 Å². The Morgan fingerprint density at radius 3 is 2.71 bits per heavy atom. The minimum absolute atomic E-state index is 0. The zero-order valence-corrected chi connectivity index (χ0v) is 14.8. The van der Waals surface area contributed by atoms with E-state index in [4.69, 9.17) is 0 Å². The smallest absolute Gasteiger partial charge is 0.254 e. The average Bonchev–Trinajstić information content (AvgIpc) is 3.03. The summed E-state index contributed by atoms with van der Waals surface area (Å²) in [7, 11) is 0. The fourth-order valence-electron chi connectivity index (χ4n) is 2.94. The number of aromatic nitrogens is 2. The third-order valence-electron chi connectivity index (χ3n) is 4.57. The van der Waals surface area contributed by atoms with E-state index in [2.05, 4.69) is 34.8 Å². The van der Waals surface area contributed by atoms with Crippen molar-refractivity contribution in [2.45, 2.75) is 26.3 Å². The second-order valence-corrected chi connectivity index (χ2v) is 6.66. The number of hydrogen-bond donors (Lipinski definition) is 2. The van der Waals surface area contributed by atoms with Gasteiger partial charge in [-0.1, -0.05) is 37.3 Å². The lowest BCUT2D eigenvalue weighted by Crippen LogP contribution is -2.42. The predicted molar refractivity (Wildman–Crippen MR) is 97.6 cm³/mol. The van der Waals surface area contributed by atoms with Crippen LogP contribution in [0.4, 0.5) is 0 Å². The Morgan fingerprint density at radius 1 is 1.29 bits per heavy atom. The Labute approximate surface area is 149 Å². The van der Waals surface area contributed by atoms with Crippen LogP contribution in [0, 0.1) is 5.41 Å². The molecule has 6 heteroatoms. The molecule has 2 heterocycles. The Bertz CT molecular complexity index is 650. The number of carbonyl (C=O) groups is 1. The second kappa shape index (κ2) is 8.31. The van der Waals surface area contributed by atoms with Crippen molar-refractivity contribution in [3.05, 3.63) is 53.9 Å². The van der Waals surface area contributed by atoms with E-state index >= 15 is 0 Å². The SMILES string of the molecule is CC1(CNC(=O)c2cnn(Cc3ccccc3)c2)CCNCC1.Cl. The largest absolute Gasteiger partial charge is 0.351 e. The maximum atomic E-state index is 12.3. The highest BCUT2D eigenvalue weighted by molar-refractivity contribution is 5.93.